The molecule has 0 atom stereocenters. The molecule has 0 fully saturated rings. The van der Waals surface area contributed by atoms with Crippen molar-refractivity contribution in [2.45, 2.75) is 33.2 Å². The van der Waals surface area contributed by atoms with E-state index < -0.39 is 5.54 Å². The molecule has 0 saturated carbocycles. The van der Waals surface area contributed by atoms with Crippen LogP contribution in [0.4, 0.5) is 5.82 Å². The van der Waals surface area contributed by atoms with Crippen molar-refractivity contribution >= 4 is 39.3 Å². The van der Waals surface area contributed by atoms with Crippen molar-refractivity contribution in [3.8, 4) is 0 Å². The zero-order valence-corrected chi connectivity index (χ0v) is 24.9. The Balaban J connectivity index is 0.000000976. The summed E-state index contributed by atoms with van der Waals surface area (Å²) < 4.78 is 0. The van der Waals surface area contributed by atoms with Crippen molar-refractivity contribution in [2.75, 3.05) is 52.6 Å². The number of thiazole rings is 1. The molecule has 4 N–H and O–H groups in total. The van der Waals surface area contributed by atoms with Crippen molar-refractivity contribution in [2.24, 2.45) is 0 Å². The highest BCUT2D eigenvalue weighted by molar-refractivity contribution is 7.20. The molecule has 3 aromatic rings. The number of likely N-dealkylation sites (N-methyl/N-ethyl adjacent to an activating group) is 2. The van der Waals surface area contributed by atoms with E-state index in [4.69, 9.17) is 0 Å². The van der Waals surface area contributed by atoms with Gasteiger partial charge >= 0.3 is 0 Å². The Bertz CT molecular complexity index is 1230. The quantitative estimate of drug-likeness (QED) is 0.252. The summed E-state index contributed by atoms with van der Waals surface area (Å²) in [5.41, 5.74) is 0.901. The van der Waals surface area contributed by atoms with Crippen LogP contribution in [0.25, 0.3) is 10.3 Å². The number of carbonyl (C=O) groups excluding carboxylic acids is 2. The topological polar surface area (TPSA) is 118 Å². The van der Waals surface area contributed by atoms with Gasteiger partial charge < -0.3 is 20.9 Å². The van der Waals surface area contributed by atoms with Crippen LogP contribution in [-0.4, -0.2) is 84.1 Å². The summed E-state index contributed by atoms with van der Waals surface area (Å²) >= 11 is 1.18. The molecule has 0 saturated heterocycles. The molecule has 0 spiro atoms. The van der Waals surface area contributed by atoms with Gasteiger partial charge in [0.2, 0.25) is 5.91 Å². The van der Waals surface area contributed by atoms with Crippen LogP contribution in [0.1, 0.15) is 43.1 Å². The number of nitrogens with zero attached hydrogens (tertiary/aromatic N) is 4. The van der Waals surface area contributed by atoms with Crippen molar-refractivity contribution < 1.29 is 9.59 Å². The highest BCUT2D eigenvalue weighted by Crippen LogP contribution is 2.27. The molecule has 1 aromatic carbocycles. The monoisotopic (exact) mass is 554 g/mol. The summed E-state index contributed by atoms with van der Waals surface area (Å²) in [6, 6.07) is 9.76. The largest absolute Gasteiger partial charge is 0.394 e. The standard InChI is InChI=1S/C24H33N7O2S.C4H9N/c1-6-31(16-15-30(4)5)14-10-13-18(32)25-20-19-22(29-28-20)34-23(26-19)21(33)27-24(2,3)17-11-8-7-9-12-17;1-3-4-5-2/h7-13H,6,14-16H2,1-5H3,(H,27,33)(H2,25,28,29,32);3-5H,1-2H3/b13-10+;4-3-. The molecule has 3 rings (SSSR count). The van der Waals surface area contributed by atoms with Crippen molar-refractivity contribution in [3.05, 3.63) is 65.3 Å². The van der Waals surface area contributed by atoms with E-state index in [0.717, 1.165) is 25.2 Å². The third-order valence-corrected chi connectivity index (χ3v) is 6.70. The van der Waals surface area contributed by atoms with E-state index in [2.05, 4.69) is 47.9 Å². The lowest BCUT2D eigenvalue weighted by Crippen LogP contribution is -2.40. The van der Waals surface area contributed by atoms with E-state index in [-0.39, 0.29) is 11.8 Å². The third kappa shape index (κ3) is 10.3. The fourth-order valence-electron chi connectivity index (χ4n) is 3.52. The van der Waals surface area contributed by atoms with Crippen LogP contribution in [0, 0.1) is 0 Å². The van der Waals surface area contributed by atoms with Gasteiger partial charge in [-0.2, -0.15) is 5.10 Å². The highest BCUT2D eigenvalue weighted by Gasteiger charge is 2.26. The molecule has 2 heterocycles. The first-order chi connectivity index (χ1) is 18.6. The lowest BCUT2D eigenvalue weighted by atomic mass is 9.94. The van der Waals surface area contributed by atoms with Gasteiger partial charge in [0, 0.05) is 32.8 Å². The first-order valence-corrected chi connectivity index (χ1v) is 13.8. The number of aromatic nitrogens is 3. The number of fused-ring (bicyclic) bond motifs is 1. The number of amides is 2. The number of hydrogen-bond acceptors (Lipinski definition) is 8. The average molecular weight is 555 g/mol. The minimum Gasteiger partial charge on any atom is -0.394 e. The third-order valence-electron chi connectivity index (χ3n) is 5.76. The molecule has 2 aromatic heterocycles. The van der Waals surface area contributed by atoms with Crippen LogP contribution in [0.2, 0.25) is 0 Å². The number of nitrogens with one attached hydrogen (secondary N) is 4. The summed E-state index contributed by atoms with van der Waals surface area (Å²) in [6.45, 7) is 11.4. The fourth-order valence-corrected chi connectivity index (χ4v) is 4.32. The second kappa shape index (κ2) is 15.8. The van der Waals surface area contributed by atoms with Crippen LogP contribution in [0.5, 0.6) is 0 Å². The Kier molecular flexibility index (Phi) is 12.8. The molecule has 11 heteroatoms. The van der Waals surface area contributed by atoms with Crippen LogP contribution in [0.15, 0.2) is 54.8 Å². The van der Waals surface area contributed by atoms with E-state index in [9.17, 15) is 9.59 Å². The average Bonchev–Trinajstić information content (AvgIpc) is 3.49. The molecule has 0 aliphatic heterocycles. The van der Waals surface area contributed by atoms with Crippen LogP contribution >= 0.6 is 11.3 Å². The van der Waals surface area contributed by atoms with E-state index in [0.29, 0.717) is 27.7 Å². The number of carbonyl (C=O) groups is 2. The van der Waals surface area contributed by atoms with Gasteiger partial charge in [-0.1, -0.05) is 60.7 Å². The minimum absolute atomic E-state index is 0.279. The molecule has 0 unspecified atom stereocenters. The maximum atomic E-state index is 12.9. The molecule has 10 nitrogen and oxygen atoms in total. The second-order valence-corrected chi connectivity index (χ2v) is 10.6. The minimum atomic E-state index is -0.561. The summed E-state index contributed by atoms with van der Waals surface area (Å²) in [7, 11) is 5.96. The van der Waals surface area contributed by atoms with Crippen molar-refractivity contribution in [1.29, 1.82) is 0 Å². The van der Waals surface area contributed by atoms with E-state index in [1.165, 1.54) is 17.4 Å². The molecule has 0 aliphatic rings. The second-order valence-electron chi connectivity index (χ2n) is 9.59. The van der Waals surface area contributed by atoms with E-state index >= 15 is 0 Å². The number of anilines is 1. The first kappa shape index (κ1) is 31.7. The predicted octanol–water partition coefficient (Wildman–Crippen LogP) is 3.80. The van der Waals surface area contributed by atoms with Gasteiger partial charge in [-0.25, -0.2) is 4.98 Å². The van der Waals surface area contributed by atoms with Gasteiger partial charge in [0.1, 0.15) is 5.52 Å². The van der Waals surface area contributed by atoms with E-state index in [1.54, 1.807) is 0 Å². The molecular weight excluding hydrogens is 512 g/mol. The number of rotatable bonds is 12. The Labute approximate surface area is 235 Å². The number of H-pyrrole nitrogens is 1. The zero-order valence-electron chi connectivity index (χ0n) is 24.0. The molecular formula is C28H42N8O2S. The Morgan fingerprint density at radius 3 is 2.46 bits per heavy atom. The number of allylic oxidation sites excluding steroid dienone is 1. The lowest BCUT2D eigenvalue weighted by Gasteiger charge is -2.26. The van der Waals surface area contributed by atoms with Gasteiger partial charge in [-0.05, 0) is 53.2 Å². The normalized spacial score (nSPS) is 11.8. The van der Waals surface area contributed by atoms with Gasteiger partial charge in [0.15, 0.2) is 15.7 Å². The fraction of sp³-hybridized carbons (Fsp3) is 0.429. The highest BCUT2D eigenvalue weighted by atomic mass is 32.1. The molecule has 0 radical (unpaired) electrons. The predicted molar refractivity (Wildman–Crippen MR) is 161 cm³/mol. The molecule has 212 valence electrons. The summed E-state index contributed by atoms with van der Waals surface area (Å²) in [5, 5.41) is 15.9. The molecule has 39 heavy (non-hydrogen) atoms. The van der Waals surface area contributed by atoms with Crippen LogP contribution in [0.3, 0.4) is 0 Å². The zero-order chi connectivity index (χ0) is 28.8. The Morgan fingerprint density at radius 2 is 1.87 bits per heavy atom. The van der Waals surface area contributed by atoms with Gasteiger partial charge in [-0.3, -0.25) is 19.6 Å². The number of hydrogen-bond donors (Lipinski definition) is 4. The lowest BCUT2D eigenvalue weighted by molar-refractivity contribution is -0.111. The molecule has 0 aliphatic carbocycles. The van der Waals surface area contributed by atoms with Crippen LogP contribution < -0.4 is 16.0 Å². The maximum Gasteiger partial charge on any atom is 0.281 e. The molecule has 2 amide bonds. The van der Waals surface area contributed by atoms with Crippen LogP contribution in [-0.2, 0) is 10.3 Å². The van der Waals surface area contributed by atoms with Crippen molar-refractivity contribution in [1.82, 2.24) is 35.6 Å². The number of benzene rings is 1. The summed E-state index contributed by atoms with van der Waals surface area (Å²) in [6.07, 6.45) is 7.17. The van der Waals surface area contributed by atoms with Gasteiger partial charge in [0.05, 0.1) is 5.54 Å². The molecule has 0 bridgehead atoms. The Hall–Kier alpha value is -3.54. The summed E-state index contributed by atoms with van der Waals surface area (Å²) in [4.78, 5) is 34.6. The number of aromatic amines is 1. The Morgan fingerprint density at radius 1 is 1.15 bits per heavy atom. The first-order valence-electron chi connectivity index (χ1n) is 13.0. The van der Waals surface area contributed by atoms with Gasteiger partial charge in [-0.15, -0.1) is 0 Å². The van der Waals surface area contributed by atoms with Crippen molar-refractivity contribution in [3.63, 3.8) is 0 Å². The summed E-state index contributed by atoms with van der Waals surface area (Å²) in [5.74, 6) is -0.188. The smallest absolute Gasteiger partial charge is 0.281 e. The van der Waals surface area contributed by atoms with Gasteiger partial charge in [0.25, 0.3) is 5.91 Å². The maximum absolute atomic E-state index is 12.9. The van der Waals surface area contributed by atoms with E-state index in [1.807, 2.05) is 90.6 Å². The SMILES string of the molecule is C/C=C\NC.CCN(C/C=C/C(=O)Nc1[nH]nc2sc(C(=O)NC(C)(C)c3ccccc3)nc12)CCN(C)C.